The Morgan fingerprint density at radius 1 is 1.12 bits per heavy atom. The van der Waals surface area contributed by atoms with Gasteiger partial charge < -0.3 is 9.67 Å². The molecule has 4 aromatic rings. The van der Waals surface area contributed by atoms with Gasteiger partial charge in [-0.1, -0.05) is 56.3 Å². The van der Waals surface area contributed by atoms with E-state index in [-0.39, 0.29) is 12.0 Å². The zero-order valence-electron chi connectivity index (χ0n) is 19.2. The number of aliphatic carboxylic acids is 1. The minimum absolute atomic E-state index is 0.116. The fraction of sp³-hybridized carbons (Fsp3) is 0.346. The molecule has 1 N–H and O–H groups in total. The summed E-state index contributed by atoms with van der Waals surface area (Å²) in [6.07, 6.45) is 3.51. The third kappa shape index (κ3) is 4.98. The van der Waals surface area contributed by atoms with Gasteiger partial charge in [0.05, 0.1) is 16.1 Å². The SMILES string of the molecule is CC(C)Cc1nn(C)c(=O)c2c(SCCCC(=O)O)n(Cc3cccc4ccccc34)cc12. The van der Waals surface area contributed by atoms with Gasteiger partial charge in [-0.2, -0.15) is 5.10 Å². The Labute approximate surface area is 197 Å². The smallest absolute Gasteiger partial charge is 0.303 e. The second kappa shape index (κ2) is 9.83. The van der Waals surface area contributed by atoms with Crippen molar-refractivity contribution >= 4 is 39.3 Å². The molecule has 0 fully saturated rings. The van der Waals surface area contributed by atoms with Gasteiger partial charge in [0.15, 0.2) is 0 Å². The lowest BCUT2D eigenvalue weighted by atomic mass is 10.0. The van der Waals surface area contributed by atoms with Crippen LogP contribution in [0.1, 0.15) is 37.9 Å². The maximum atomic E-state index is 13.2. The fourth-order valence-corrected chi connectivity index (χ4v) is 5.33. The van der Waals surface area contributed by atoms with Gasteiger partial charge in [0.1, 0.15) is 0 Å². The monoisotopic (exact) mass is 463 g/mol. The minimum atomic E-state index is -0.800. The highest BCUT2D eigenvalue weighted by atomic mass is 32.2. The van der Waals surface area contributed by atoms with Crippen LogP contribution in [-0.4, -0.2) is 31.2 Å². The molecule has 0 spiro atoms. The molecule has 0 aliphatic carbocycles. The number of thioether (sulfide) groups is 1. The topological polar surface area (TPSA) is 77.1 Å². The van der Waals surface area contributed by atoms with Gasteiger partial charge in [-0.15, -0.1) is 11.8 Å². The van der Waals surface area contributed by atoms with Crippen molar-refractivity contribution in [3.8, 4) is 0 Å². The van der Waals surface area contributed by atoms with E-state index < -0.39 is 5.97 Å². The summed E-state index contributed by atoms with van der Waals surface area (Å²) in [5, 5.41) is 18.4. The van der Waals surface area contributed by atoms with Crippen LogP contribution in [0.15, 0.2) is 58.5 Å². The predicted octanol–water partition coefficient (Wildman–Crippen LogP) is 5.09. The molecular weight excluding hydrogens is 434 g/mol. The lowest BCUT2D eigenvalue weighted by molar-refractivity contribution is -0.137. The molecule has 0 radical (unpaired) electrons. The quantitative estimate of drug-likeness (QED) is 0.276. The summed E-state index contributed by atoms with van der Waals surface area (Å²) in [5.41, 5.74) is 1.98. The molecule has 0 atom stereocenters. The number of fused-ring (bicyclic) bond motifs is 2. The Morgan fingerprint density at radius 2 is 1.88 bits per heavy atom. The number of carboxylic acid groups (broad SMARTS) is 1. The van der Waals surface area contributed by atoms with Crippen molar-refractivity contribution in [3.63, 3.8) is 0 Å². The molecule has 0 bridgehead atoms. The van der Waals surface area contributed by atoms with Crippen molar-refractivity contribution < 1.29 is 9.90 Å². The predicted molar refractivity (Wildman–Crippen MR) is 134 cm³/mol. The van der Waals surface area contributed by atoms with Crippen molar-refractivity contribution in [1.29, 1.82) is 0 Å². The molecular formula is C26H29N3O3S. The Kier molecular flexibility index (Phi) is 6.88. The molecule has 2 aromatic heterocycles. The maximum Gasteiger partial charge on any atom is 0.303 e. The number of carbonyl (C=O) groups is 1. The molecule has 6 nitrogen and oxygen atoms in total. The van der Waals surface area contributed by atoms with E-state index in [1.807, 2.05) is 12.1 Å². The van der Waals surface area contributed by atoms with Crippen molar-refractivity contribution in [2.24, 2.45) is 13.0 Å². The lowest BCUT2D eigenvalue weighted by Crippen LogP contribution is -2.22. The molecule has 0 aliphatic rings. The van der Waals surface area contributed by atoms with Crippen LogP contribution in [0.4, 0.5) is 0 Å². The molecule has 0 unspecified atom stereocenters. The van der Waals surface area contributed by atoms with Crippen molar-refractivity contribution in [3.05, 3.63) is 70.3 Å². The van der Waals surface area contributed by atoms with E-state index in [2.05, 4.69) is 60.0 Å². The van der Waals surface area contributed by atoms with E-state index in [1.54, 1.807) is 18.8 Å². The summed E-state index contributed by atoms with van der Waals surface area (Å²) in [6.45, 7) is 4.92. The summed E-state index contributed by atoms with van der Waals surface area (Å²) in [6, 6.07) is 14.6. The standard InChI is InChI=1S/C26H29N3O3S/c1-17(2)14-22-21-16-29(15-19-10-6-9-18-8-4-5-11-20(18)19)26(33-13-7-12-23(30)31)24(21)25(32)28(3)27-22/h4-6,8-11,16-17H,7,12-15H2,1-3H3,(H,30,31). The fourth-order valence-electron chi connectivity index (χ4n) is 4.22. The van der Waals surface area contributed by atoms with Gasteiger partial charge in [0.2, 0.25) is 0 Å². The molecule has 33 heavy (non-hydrogen) atoms. The first kappa shape index (κ1) is 23.1. The summed E-state index contributed by atoms with van der Waals surface area (Å²) in [7, 11) is 1.70. The van der Waals surface area contributed by atoms with Crippen molar-refractivity contribution in [1.82, 2.24) is 14.3 Å². The highest BCUT2D eigenvalue weighted by Crippen LogP contribution is 2.32. The first-order chi connectivity index (χ1) is 15.8. The van der Waals surface area contributed by atoms with Crippen LogP contribution < -0.4 is 5.56 Å². The number of hydrogen-bond donors (Lipinski definition) is 1. The Bertz CT molecular complexity index is 1370. The van der Waals surface area contributed by atoms with Crippen molar-refractivity contribution in [2.45, 2.75) is 44.7 Å². The van der Waals surface area contributed by atoms with Crippen LogP contribution in [0.5, 0.6) is 0 Å². The van der Waals surface area contributed by atoms with Crippen LogP contribution in [0.25, 0.3) is 21.5 Å². The summed E-state index contributed by atoms with van der Waals surface area (Å²) < 4.78 is 3.58. The molecule has 2 aromatic carbocycles. The molecule has 0 aliphatic heterocycles. The van der Waals surface area contributed by atoms with Gasteiger partial charge in [-0.05, 0) is 35.1 Å². The highest BCUT2D eigenvalue weighted by molar-refractivity contribution is 7.99. The molecule has 172 valence electrons. The number of rotatable bonds is 9. The van der Waals surface area contributed by atoms with E-state index in [0.29, 0.717) is 30.0 Å². The third-order valence-electron chi connectivity index (χ3n) is 5.71. The van der Waals surface area contributed by atoms with Crippen LogP contribution in [0.2, 0.25) is 0 Å². The Balaban J connectivity index is 1.84. The molecule has 7 heteroatoms. The summed E-state index contributed by atoms with van der Waals surface area (Å²) >= 11 is 1.56. The van der Waals surface area contributed by atoms with Gasteiger partial charge in [0, 0.05) is 37.3 Å². The van der Waals surface area contributed by atoms with Crippen LogP contribution in [-0.2, 0) is 24.8 Å². The maximum absolute atomic E-state index is 13.2. The largest absolute Gasteiger partial charge is 0.481 e. The van der Waals surface area contributed by atoms with Crippen LogP contribution >= 0.6 is 11.8 Å². The minimum Gasteiger partial charge on any atom is -0.481 e. The normalized spacial score (nSPS) is 11.6. The molecule has 2 heterocycles. The Hall–Kier alpha value is -3.06. The summed E-state index contributed by atoms with van der Waals surface area (Å²) in [4.78, 5) is 24.2. The van der Waals surface area contributed by atoms with Gasteiger partial charge in [-0.25, -0.2) is 4.68 Å². The number of nitrogens with zero attached hydrogens (tertiary/aromatic N) is 3. The third-order valence-corrected chi connectivity index (χ3v) is 6.92. The summed E-state index contributed by atoms with van der Waals surface area (Å²) in [5.74, 6) is 0.239. The van der Waals surface area contributed by atoms with Crippen LogP contribution in [0, 0.1) is 5.92 Å². The van der Waals surface area contributed by atoms with Gasteiger partial charge >= 0.3 is 5.97 Å². The average molecular weight is 464 g/mol. The van der Waals surface area contributed by atoms with E-state index in [4.69, 9.17) is 5.11 Å². The zero-order valence-corrected chi connectivity index (χ0v) is 20.1. The lowest BCUT2D eigenvalue weighted by Gasteiger charge is -2.12. The van der Waals surface area contributed by atoms with Gasteiger partial charge in [-0.3, -0.25) is 9.59 Å². The molecule has 0 amide bonds. The first-order valence-electron chi connectivity index (χ1n) is 11.3. The zero-order chi connectivity index (χ0) is 23.5. The molecule has 4 rings (SSSR count). The van der Waals surface area contributed by atoms with E-state index >= 15 is 0 Å². The number of aromatic nitrogens is 3. The number of carboxylic acids is 1. The highest BCUT2D eigenvalue weighted by Gasteiger charge is 2.20. The Morgan fingerprint density at radius 3 is 2.64 bits per heavy atom. The second-order valence-corrected chi connectivity index (χ2v) is 9.89. The van der Waals surface area contributed by atoms with Crippen LogP contribution in [0.3, 0.4) is 0 Å². The van der Waals surface area contributed by atoms with E-state index in [0.717, 1.165) is 22.5 Å². The number of hydrogen-bond acceptors (Lipinski definition) is 4. The van der Waals surface area contributed by atoms with E-state index in [9.17, 15) is 9.59 Å². The average Bonchev–Trinajstić information content (AvgIpc) is 3.13. The number of benzene rings is 2. The second-order valence-electron chi connectivity index (χ2n) is 8.81. The first-order valence-corrected chi connectivity index (χ1v) is 12.2. The van der Waals surface area contributed by atoms with Crippen molar-refractivity contribution in [2.75, 3.05) is 5.75 Å². The van der Waals surface area contributed by atoms with Gasteiger partial charge in [0.25, 0.3) is 5.56 Å². The number of aryl methyl sites for hydroxylation is 1. The molecule has 0 saturated heterocycles. The molecule has 0 saturated carbocycles. The van der Waals surface area contributed by atoms with E-state index in [1.165, 1.54) is 21.0 Å².